The van der Waals surface area contributed by atoms with E-state index in [0.29, 0.717) is 6.67 Å². The lowest BCUT2D eigenvalue weighted by Crippen LogP contribution is -2.25. The Morgan fingerprint density at radius 1 is 0.491 bits per heavy atom. The molecular formula is C50H46N4O. The second kappa shape index (κ2) is 13.2. The van der Waals surface area contributed by atoms with E-state index >= 15 is 0 Å². The van der Waals surface area contributed by atoms with Gasteiger partial charge in [-0.2, -0.15) is 0 Å². The maximum absolute atomic E-state index is 6.70. The standard InChI is InChI=1S/C50H46N4O/c1-49(2,3)36-28-37(50(4,5)6)30-39(29-36)53-33-52(45-19-10-11-20-46(45)53)38-17-14-18-40(31-38)55-41-23-24-42-43-27-35(34-15-8-7-9-16-34)22-25-44(43)54(47(42)32-41)48-21-12-13-26-51-48/h7-32H,33H2,1-6H3. The number of rotatable bonds is 6. The molecular weight excluding hydrogens is 673 g/mol. The quantitative estimate of drug-likeness (QED) is 0.171. The largest absolute Gasteiger partial charge is 0.457 e. The highest BCUT2D eigenvalue weighted by atomic mass is 16.5. The lowest BCUT2D eigenvalue weighted by atomic mass is 9.80. The van der Waals surface area contributed by atoms with Gasteiger partial charge in [0, 0.05) is 40.5 Å². The molecule has 6 aromatic carbocycles. The lowest BCUT2D eigenvalue weighted by Gasteiger charge is -2.29. The van der Waals surface area contributed by atoms with Gasteiger partial charge in [0.05, 0.1) is 22.4 Å². The number of pyridine rings is 1. The zero-order valence-electron chi connectivity index (χ0n) is 32.4. The zero-order valence-corrected chi connectivity index (χ0v) is 32.4. The summed E-state index contributed by atoms with van der Waals surface area (Å²) in [6.45, 7) is 14.5. The van der Waals surface area contributed by atoms with Crippen LogP contribution in [-0.4, -0.2) is 16.2 Å². The summed E-state index contributed by atoms with van der Waals surface area (Å²) in [6, 6.07) is 54.0. The first-order valence-corrected chi connectivity index (χ1v) is 19.1. The third kappa shape index (κ3) is 6.40. The van der Waals surface area contributed by atoms with E-state index in [4.69, 9.17) is 9.72 Å². The van der Waals surface area contributed by atoms with Crippen molar-refractivity contribution < 1.29 is 4.74 Å². The number of ether oxygens (including phenoxy) is 1. The van der Waals surface area contributed by atoms with Crippen LogP contribution in [0.1, 0.15) is 52.7 Å². The molecule has 0 atom stereocenters. The van der Waals surface area contributed by atoms with Crippen LogP contribution in [0, 0.1) is 0 Å². The molecule has 55 heavy (non-hydrogen) atoms. The van der Waals surface area contributed by atoms with Crippen molar-refractivity contribution in [3.63, 3.8) is 0 Å². The third-order valence-electron chi connectivity index (χ3n) is 10.8. The summed E-state index contributed by atoms with van der Waals surface area (Å²) in [5.41, 5.74) is 11.9. The molecule has 2 aromatic heterocycles. The minimum atomic E-state index is 0.0285. The Balaban J connectivity index is 1.08. The highest BCUT2D eigenvalue weighted by Gasteiger charge is 2.30. The third-order valence-corrected chi connectivity index (χ3v) is 10.8. The predicted molar refractivity (Wildman–Crippen MR) is 230 cm³/mol. The van der Waals surface area contributed by atoms with E-state index < -0.39 is 0 Å². The van der Waals surface area contributed by atoms with Crippen molar-refractivity contribution in [3.8, 4) is 28.4 Å². The van der Waals surface area contributed by atoms with Crippen LogP contribution in [0.25, 0.3) is 38.8 Å². The molecule has 0 unspecified atom stereocenters. The summed E-state index contributed by atoms with van der Waals surface area (Å²) in [5.74, 6) is 2.42. The number of hydrogen-bond acceptors (Lipinski definition) is 4. The highest BCUT2D eigenvalue weighted by molar-refractivity contribution is 6.10. The number of fused-ring (bicyclic) bond motifs is 4. The molecule has 8 aromatic rings. The Morgan fingerprint density at radius 3 is 1.85 bits per heavy atom. The van der Waals surface area contributed by atoms with E-state index in [2.05, 4.69) is 189 Å². The van der Waals surface area contributed by atoms with Crippen molar-refractivity contribution in [3.05, 3.63) is 169 Å². The fraction of sp³-hybridized carbons (Fsp3) is 0.180. The number of para-hydroxylation sites is 2. The Hall–Kier alpha value is -6.33. The average Bonchev–Trinajstić information content (AvgIpc) is 3.74. The van der Waals surface area contributed by atoms with Crippen molar-refractivity contribution in [1.29, 1.82) is 0 Å². The van der Waals surface area contributed by atoms with Gasteiger partial charge >= 0.3 is 0 Å². The molecule has 0 saturated heterocycles. The van der Waals surface area contributed by atoms with E-state index in [9.17, 15) is 0 Å². The van der Waals surface area contributed by atoms with E-state index in [1.54, 1.807) is 0 Å². The maximum Gasteiger partial charge on any atom is 0.137 e. The molecule has 5 nitrogen and oxygen atoms in total. The number of benzene rings is 6. The van der Waals surface area contributed by atoms with Crippen molar-refractivity contribution in [1.82, 2.24) is 9.55 Å². The Kier molecular flexibility index (Phi) is 8.27. The molecule has 0 fully saturated rings. The van der Waals surface area contributed by atoms with Crippen LogP contribution in [0.5, 0.6) is 11.5 Å². The van der Waals surface area contributed by atoms with Crippen LogP contribution in [0.15, 0.2) is 158 Å². The molecule has 0 bridgehead atoms. The molecule has 0 spiro atoms. The van der Waals surface area contributed by atoms with E-state index in [-0.39, 0.29) is 10.8 Å². The van der Waals surface area contributed by atoms with E-state index in [1.807, 2.05) is 24.4 Å². The molecule has 3 heterocycles. The van der Waals surface area contributed by atoms with Crippen molar-refractivity contribution >= 4 is 44.6 Å². The normalized spacial score (nSPS) is 13.1. The minimum absolute atomic E-state index is 0.0285. The number of aromatic nitrogens is 2. The number of hydrogen-bond donors (Lipinski definition) is 0. The molecule has 1 aliphatic rings. The first kappa shape index (κ1) is 34.4. The van der Waals surface area contributed by atoms with Gasteiger partial charge in [0.2, 0.25) is 0 Å². The summed E-state index contributed by atoms with van der Waals surface area (Å²) in [5, 5.41) is 2.33. The summed E-state index contributed by atoms with van der Waals surface area (Å²) >= 11 is 0. The van der Waals surface area contributed by atoms with Crippen LogP contribution in [0.2, 0.25) is 0 Å². The predicted octanol–water partition coefficient (Wildman–Crippen LogP) is 13.5. The van der Waals surface area contributed by atoms with Crippen LogP contribution in [0.3, 0.4) is 0 Å². The van der Waals surface area contributed by atoms with Crippen LogP contribution < -0.4 is 14.5 Å². The second-order valence-electron chi connectivity index (χ2n) is 16.7. The molecule has 9 rings (SSSR count). The summed E-state index contributed by atoms with van der Waals surface area (Å²) < 4.78 is 8.93. The maximum atomic E-state index is 6.70. The van der Waals surface area contributed by atoms with Gasteiger partial charge in [-0.05, 0) is 106 Å². The molecule has 0 saturated carbocycles. The van der Waals surface area contributed by atoms with Crippen LogP contribution >= 0.6 is 0 Å². The van der Waals surface area contributed by atoms with Gasteiger partial charge < -0.3 is 14.5 Å². The van der Waals surface area contributed by atoms with Crippen molar-refractivity contribution in [2.24, 2.45) is 0 Å². The SMILES string of the molecule is CC(C)(C)c1cc(N2CN(c3cccc(Oc4ccc5c6cc(-c7ccccc7)ccc6n(-c6ccccn6)c5c4)c3)c3ccccc32)cc(C(C)(C)C)c1. The Bertz CT molecular complexity index is 2650. The fourth-order valence-electron chi connectivity index (χ4n) is 7.75. The number of anilines is 4. The van der Waals surface area contributed by atoms with Gasteiger partial charge in [0.25, 0.3) is 0 Å². The number of nitrogens with zero attached hydrogens (tertiary/aromatic N) is 4. The molecule has 0 N–H and O–H groups in total. The zero-order chi connectivity index (χ0) is 37.9. The topological polar surface area (TPSA) is 33.5 Å². The molecule has 0 amide bonds. The van der Waals surface area contributed by atoms with E-state index in [0.717, 1.165) is 39.4 Å². The van der Waals surface area contributed by atoms with E-state index in [1.165, 1.54) is 44.7 Å². The minimum Gasteiger partial charge on any atom is -0.457 e. The van der Waals surface area contributed by atoms with Gasteiger partial charge in [-0.3, -0.25) is 4.57 Å². The summed E-state index contributed by atoms with van der Waals surface area (Å²) in [7, 11) is 0. The van der Waals surface area contributed by atoms with Crippen molar-refractivity contribution in [2.45, 2.75) is 52.4 Å². The fourth-order valence-corrected chi connectivity index (χ4v) is 7.75. The molecule has 5 heteroatoms. The first-order valence-electron chi connectivity index (χ1n) is 19.1. The first-order chi connectivity index (χ1) is 26.5. The monoisotopic (exact) mass is 718 g/mol. The molecule has 272 valence electrons. The van der Waals surface area contributed by atoms with Gasteiger partial charge in [-0.25, -0.2) is 4.98 Å². The molecule has 0 aliphatic carbocycles. The van der Waals surface area contributed by atoms with Gasteiger partial charge in [-0.15, -0.1) is 0 Å². The second-order valence-corrected chi connectivity index (χ2v) is 16.7. The molecule has 1 aliphatic heterocycles. The van der Waals surface area contributed by atoms with Gasteiger partial charge in [0.1, 0.15) is 24.0 Å². The van der Waals surface area contributed by atoms with Crippen molar-refractivity contribution in [2.75, 3.05) is 16.5 Å². The lowest BCUT2D eigenvalue weighted by molar-refractivity contribution is 0.483. The highest BCUT2D eigenvalue weighted by Crippen LogP contribution is 2.46. The Morgan fingerprint density at radius 2 is 1.16 bits per heavy atom. The van der Waals surface area contributed by atoms with Crippen LogP contribution in [-0.2, 0) is 10.8 Å². The summed E-state index contributed by atoms with van der Waals surface area (Å²) in [4.78, 5) is 9.59. The Labute approximate surface area is 324 Å². The van der Waals surface area contributed by atoms with Gasteiger partial charge in [0.15, 0.2) is 0 Å². The van der Waals surface area contributed by atoms with Crippen LogP contribution in [0.4, 0.5) is 22.7 Å². The average molecular weight is 719 g/mol. The molecule has 0 radical (unpaired) electrons. The summed E-state index contributed by atoms with van der Waals surface area (Å²) in [6.07, 6.45) is 1.85. The smallest absolute Gasteiger partial charge is 0.137 e. The van der Waals surface area contributed by atoms with Gasteiger partial charge in [-0.1, -0.05) is 108 Å².